The molecule has 0 aliphatic carbocycles. The van der Waals surface area contributed by atoms with Gasteiger partial charge in [0, 0.05) is 196 Å². The number of aromatic nitrogens is 24. The second-order valence-electron chi connectivity index (χ2n) is 37.3. The minimum absolute atomic E-state index is 0.00806. The number of hydrogen-bond donors (Lipinski definition) is 12. The van der Waals surface area contributed by atoms with Gasteiger partial charge in [-0.2, -0.15) is 20.4 Å². The highest BCUT2D eigenvalue weighted by atomic mass is 32.2. The number of ether oxygens (including phenoxy) is 1. The van der Waals surface area contributed by atoms with Crippen molar-refractivity contribution in [3.8, 4) is 90.6 Å². The summed E-state index contributed by atoms with van der Waals surface area (Å²) < 4.78 is 30.9. The number of fused-ring (bicyclic) bond motifs is 8. The van der Waals surface area contributed by atoms with E-state index < -0.39 is 10.0 Å². The number of pyridine rings is 8. The fraction of sp³-hybridized carbons (Fsp3) is 0.233. The van der Waals surface area contributed by atoms with Crippen LogP contribution < -0.4 is 20.7 Å². The standard InChI is InChI=1S/C28H29N9O2.C27H28N10O2.C26H25N9O3.C22H20N8O3S/c1-36(2)28(39)20-5-4-6-22-23(20)33-26(32-22)24-21-12-18(14-30-25(21)35-34-24)17-11-19(15-29-13-17)31-27(38)16-7-9-37(3)10-8-16;1-35(2)26(38)19-5-4-6-21-22(19)32-25(31-21)23-20-12-17(14-29-24(20)34-33-23)16-11-18(15-28-13-16)30-27(39)37-9-7-36(3)8-10-37;1-34(2)25(36)18-4-3-5-20-21(18)31-24(30-20)22-19-11-16(13-28-23(19)33-32-22)15-10-17(14-27-12-15)29-26(37)35-6-8-38-9-7-35;1-30(2)22(31)15-5-4-6-17-18(15)26-21(25-17)19-16-8-13(10-24-20(16)28-27-19)12-7-14(11-23-9-12)29-34(3,32)33/h4-6,11-16H,7-10H2,1-3H3,(H,31,38)(H,32,33)(H,30,34,35);4-6,11-15H,7-10H2,1-3H3,(H,30,39)(H,31,32)(H,29,33,34);3-5,10-14H,6-9H2,1-2H3,(H,29,37)(H,30,31)(H,28,32,33);4-11,29H,1-3H3,(H,25,26)(H,24,27,28). The molecule has 3 saturated heterocycles. The summed E-state index contributed by atoms with van der Waals surface area (Å²) in [7, 11) is 14.4. The summed E-state index contributed by atoms with van der Waals surface area (Å²) in [6.45, 7) is 7.08. The molecule has 3 aliphatic heterocycles. The Labute approximate surface area is 854 Å². The van der Waals surface area contributed by atoms with E-state index in [9.17, 15) is 42.0 Å². The lowest BCUT2D eigenvalue weighted by atomic mass is 9.96. The molecule has 16 aromatic heterocycles. The second-order valence-corrected chi connectivity index (χ2v) is 39.0. The van der Waals surface area contributed by atoms with Crippen LogP contribution >= 0.6 is 0 Å². The molecule has 0 atom stereocenters. The van der Waals surface area contributed by atoms with Crippen LogP contribution in [0.3, 0.4) is 0 Å². The van der Waals surface area contributed by atoms with Gasteiger partial charge in [0.1, 0.15) is 44.8 Å². The quantitative estimate of drug-likeness (QED) is 0.0379. The number of amides is 9. The summed E-state index contributed by atoms with van der Waals surface area (Å²) >= 11 is 0. The lowest BCUT2D eigenvalue weighted by Crippen LogP contribution is -2.48. The monoisotopic (exact) mass is 2030 g/mol. The highest BCUT2D eigenvalue weighted by molar-refractivity contribution is 7.92. The van der Waals surface area contributed by atoms with E-state index in [1.54, 1.807) is 166 Å². The first-order valence-corrected chi connectivity index (χ1v) is 49.7. The van der Waals surface area contributed by atoms with Crippen molar-refractivity contribution in [1.29, 1.82) is 0 Å². The van der Waals surface area contributed by atoms with Crippen LogP contribution in [0.1, 0.15) is 54.3 Å². The average Bonchev–Trinajstić information content (AvgIpc) is 1.63. The Morgan fingerprint density at radius 1 is 0.347 bits per heavy atom. The molecule has 0 unspecified atom stereocenters. The van der Waals surface area contributed by atoms with Gasteiger partial charge in [-0.3, -0.25) is 69.0 Å². The third kappa shape index (κ3) is 21.0. The number of sulfonamides is 1. The SMILES string of the molecule is CN(C)C(=O)c1cccc2[nH]c(-c3[nH]nc4ncc(-c5cncc(NC(=O)N6CCOCC6)c5)cc34)nc12.CN(C)C(=O)c1cccc2[nH]c(-c3[nH]nc4ncc(-c5cncc(NS(C)(=O)=O)c5)cc34)nc12.CN1CCC(C(=O)Nc2cncc(-c3cnc4n[nH]c(-c5nc6c(C(=O)N(C)C)cccc6[nH]5)c4c3)c2)CC1.CN1CCN(C(=O)Nc2cncc(-c3cnc4n[nH]c(-c5nc6c(C(=O)N(C)C)cccc6[nH]5)c4c3)c2)CC1. The summed E-state index contributed by atoms with van der Waals surface area (Å²) in [5, 5.41) is 41.3. The van der Waals surface area contributed by atoms with Gasteiger partial charge in [0.15, 0.2) is 45.9 Å². The van der Waals surface area contributed by atoms with Crippen LogP contribution in [0, 0.1) is 5.92 Å². The van der Waals surface area contributed by atoms with Crippen LogP contribution in [0.15, 0.2) is 196 Å². The fourth-order valence-electron chi connectivity index (χ4n) is 17.8. The highest BCUT2D eigenvalue weighted by Gasteiger charge is 2.30. The molecule has 9 amide bonds. The zero-order valence-corrected chi connectivity index (χ0v) is 84.1. The van der Waals surface area contributed by atoms with Gasteiger partial charge in [0.25, 0.3) is 23.6 Å². The van der Waals surface area contributed by atoms with Crippen LogP contribution in [0.2, 0.25) is 0 Å². The summed E-state index contributed by atoms with van der Waals surface area (Å²) in [4.78, 5) is 170. The molecule has 23 rings (SSSR count). The predicted molar refractivity (Wildman–Crippen MR) is 568 cm³/mol. The number of H-pyrrole nitrogens is 8. The number of imidazole rings is 4. The normalized spacial score (nSPS) is 13.6. The van der Waals surface area contributed by atoms with Gasteiger partial charge in [-0.1, -0.05) is 24.3 Å². The number of urea groups is 2. The van der Waals surface area contributed by atoms with Crippen molar-refractivity contribution >= 4 is 163 Å². The lowest BCUT2D eigenvalue weighted by molar-refractivity contribution is -0.121. The number of likely N-dealkylation sites (N-methyl/N-ethyl adjacent to an activating group) is 1. The summed E-state index contributed by atoms with van der Waals surface area (Å²) in [5.41, 5.74) is 20.5. The van der Waals surface area contributed by atoms with E-state index in [1.807, 2.05) is 89.8 Å². The largest absolute Gasteiger partial charge is 0.378 e. The Bertz CT molecular complexity index is 8480. The van der Waals surface area contributed by atoms with Crippen molar-refractivity contribution in [3.05, 3.63) is 218 Å². The lowest BCUT2D eigenvalue weighted by Gasteiger charge is -2.32. The zero-order chi connectivity index (χ0) is 104. The van der Waals surface area contributed by atoms with Gasteiger partial charge in [0.05, 0.1) is 133 Å². The number of likely N-dealkylation sites (tertiary alicyclic amines) is 1. The minimum atomic E-state index is -3.43. The van der Waals surface area contributed by atoms with Crippen molar-refractivity contribution in [2.24, 2.45) is 5.92 Å². The van der Waals surface area contributed by atoms with Crippen LogP contribution in [-0.2, 0) is 19.6 Å². The molecule has 47 heteroatoms. The van der Waals surface area contributed by atoms with E-state index in [0.29, 0.717) is 186 Å². The zero-order valence-electron chi connectivity index (χ0n) is 83.3. The number of nitrogens with zero attached hydrogens (tertiary/aromatic N) is 24. The van der Waals surface area contributed by atoms with Gasteiger partial charge in [0.2, 0.25) is 15.9 Å². The van der Waals surface area contributed by atoms with Crippen LogP contribution in [-0.4, -0.2) is 352 Å². The Balaban J connectivity index is 0.000000121. The highest BCUT2D eigenvalue weighted by Crippen LogP contribution is 2.38. The van der Waals surface area contributed by atoms with Crippen molar-refractivity contribution < 1.29 is 46.7 Å². The number of para-hydroxylation sites is 4. The number of rotatable bonds is 18. The van der Waals surface area contributed by atoms with Crippen molar-refractivity contribution in [3.63, 3.8) is 0 Å². The number of carbonyl (C=O) groups excluding carboxylic acids is 7. The maximum absolute atomic E-state index is 12.8. The molecule has 0 radical (unpaired) electrons. The maximum Gasteiger partial charge on any atom is 0.322 e. The number of hydrogen-bond acceptors (Lipinski definition) is 28. The molecule has 0 bridgehead atoms. The topological polar surface area (TPSA) is 569 Å². The first-order valence-electron chi connectivity index (χ1n) is 47.8. The van der Waals surface area contributed by atoms with E-state index in [2.05, 4.69) is 150 Å². The van der Waals surface area contributed by atoms with Crippen molar-refractivity contribution in [2.75, 3.05) is 163 Å². The smallest absolute Gasteiger partial charge is 0.322 e. The Morgan fingerprint density at radius 2 is 0.627 bits per heavy atom. The van der Waals surface area contributed by atoms with E-state index in [-0.39, 0.29) is 47.5 Å². The Morgan fingerprint density at radius 3 is 0.933 bits per heavy atom. The first-order chi connectivity index (χ1) is 72.4. The van der Waals surface area contributed by atoms with Gasteiger partial charge in [-0.25, -0.2) is 57.9 Å². The molecule has 12 N–H and O–H groups in total. The first kappa shape index (κ1) is 98.7. The van der Waals surface area contributed by atoms with Crippen LogP contribution in [0.25, 0.3) is 179 Å². The Kier molecular flexibility index (Phi) is 27.5. The number of anilines is 4. The molecule has 4 aromatic carbocycles. The molecule has 150 heavy (non-hydrogen) atoms. The van der Waals surface area contributed by atoms with Crippen LogP contribution in [0.4, 0.5) is 32.3 Å². The summed E-state index contributed by atoms with van der Waals surface area (Å²) in [6, 6.07) is 36.6. The van der Waals surface area contributed by atoms with E-state index >= 15 is 0 Å². The number of piperazine rings is 1. The molecule has 20 aromatic rings. The van der Waals surface area contributed by atoms with Crippen LogP contribution in [0.5, 0.6) is 0 Å². The predicted octanol–water partition coefficient (Wildman–Crippen LogP) is 12.4. The van der Waals surface area contributed by atoms with Gasteiger partial charge in [-0.15, -0.1) is 0 Å². The minimum Gasteiger partial charge on any atom is -0.378 e. The second kappa shape index (κ2) is 41.8. The number of benzene rings is 4. The fourth-order valence-corrected chi connectivity index (χ4v) is 18.3. The third-order valence-electron chi connectivity index (χ3n) is 25.7. The number of morpholine rings is 1. The number of nitrogens with one attached hydrogen (secondary N) is 12. The molecular weight excluding hydrogens is 1930 g/mol. The van der Waals surface area contributed by atoms with Gasteiger partial charge >= 0.3 is 12.1 Å². The maximum atomic E-state index is 12.8. The number of piperidine rings is 1. The number of aromatic amines is 8. The average molecular weight is 2040 g/mol. The Hall–Kier alpha value is -18.6. The molecule has 19 heterocycles. The van der Waals surface area contributed by atoms with Gasteiger partial charge < -0.3 is 79.8 Å². The summed E-state index contributed by atoms with van der Waals surface area (Å²) in [5.74, 6) is 1.71. The van der Waals surface area contributed by atoms with Crippen molar-refractivity contribution in [1.82, 2.24) is 160 Å². The van der Waals surface area contributed by atoms with E-state index in [0.717, 1.165) is 122 Å². The summed E-state index contributed by atoms with van der Waals surface area (Å²) in [6.07, 6.45) is 22.7. The molecule has 0 saturated carbocycles. The molecule has 3 fully saturated rings. The molecule has 0 spiro atoms. The van der Waals surface area contributed by atoms with E-state index in [1.165, 1.54) is 25.8 Å². The number of carbonyl (C=O) groups is 7. The van der Waals surface area contributed by atoms with E-state index in [4.69, 9.17) is 19.7 Å². The molecule has 3 aliphatic rings. The third-order valence-corrected chi connectivity index (χ3v) is 26.3. The molecular formula is C103H102N36O10S. The van der Waals surface area contributed by atoms with Gasteiger partial charge in [-0.05, 0) is 137 Å². The molecule has 760 valence electrons. The van der Waals surface area contributed by atoms with Crippen molar-refractivity contribution in [2.45, 2.75) is 12.8 Å². The molecule has 46 nitrogen and oxygen atoms in total.